The van der Waals surface area contributed by atoms with Crippen LogP contribution in [0.2, 0.25) is 0 Å². The van der Waals surface area contributed by atoms with E-state index in [4.69, 9.17) is 14.0 Å². The molecule has 1 atom stereocenters. The number of hydrogen-bond donors (Lipinski definition) is 0. The summed E-state index contributed by atoms with van der Waals surface area (Å²) in [6, 6.07) is 13.6. The van der Waals surface area contributed by atoms with Crippen LogP contribution in [0.3, 0.4) is 0 Å². The van der Waals surface area contributed by atoms with Gasteiger partial charge in [-0.2, -0.15) is 4.98 Å². The van der Waals surface area contributed by atoms with Gasteiger partial charge in [-0.25, -0.2) is 0 Å². The zero-order valence-electron chi connectivity index (χ0n) is 15.4. The van der Waals surface area contributed by atoms with E-state index in [9.17, 15) is 4.79 Å². The number of nitrogens with zero attached hydrogens (tertiary/aromatic N) is 3. The number of fused-ring (bicyclic) bond motifs is 1. The van der Waals surface area contributed by atoms with E-state index in [2.05, 4.69) is 29.2 Å². The second kappa shape index (κ2) is 6.67. The fourth-order valence-electron chi connectivity index (χ4n) is 3.64. The van der Waals surface area contributed by atoms with Crippen LogP contribution in [-0.4, -0.2) is 34.3 Å². The molecule has 3 aromatic rings. The summed E-state index contributed by atoms with van der Waals surface area (Å²) < 4.78 is 16.2. The van der Waals surface area contributed by atoms with E-state index in [-0.39, 0.29) is 18.6 Å². The van der Waals surface area contributed by atoms with Crippen molar-refractivity contribution in [2.75, 3.05) is 13.3 Å². The number of aryl methyl sites for hydroxylation is 1. The molecule has 1 fully saturated rings. The lowest BCUT2D eigenvalue weighted by atomic mass is 10.1. The van der Waals surface area contributed by atoms with Gasteiger partial charge in [-0.15, -0.1) is 0 Å². The normalized spacial score (nSPS) is 18.1. The lowest BCUT2D eigenvalue weighted by molar-refractivity contribution is -0.128. The Morgan fingerprint density at radius 1 is 1.14 bits per heavy atom. The minimum Gasteiger partial charge on any atom is -0.454 e. The van der Waals surface area contributed by atoms with Crippen molar-refractivity contribution in [3.05, 3.63) is 59.4 Å². The smallest absolute Gasteiger partial charge is 0.258 e. The van der Waals surface area contributed by atoms with Gasteiger partial charge in [-0.1, -0.05) is 29.4 Å². The lowest BCUT2D eigenvalue weighted by Crippen LogP contribution is -2.24. The molecule has 0 aliphatic carbocycles. The monoisotopic (exact) mass is 377 g/mol. The first-order valence-corrected chi connectivity index (χ1v) is 9.23. The maximum Gasteiger partial charge on any atom is 0.258 e. The zero-order chi connectivity index (χ0) is 19.1. The van der Waals surface area contributed by atoms with Crippen molar-refractivity contribution in [2.45, 2.75) is 25.8 Å². The van der Waals surface area contributed by atoms with Crippen LogP contribution in [0.15, 0.2) is 47.0 Å². The fourth-order valence-corrected chi connectivity index (χ4v) is 3.64. The highest BCUT2D eigenvalue weighted by Gasteiger charge is 2.34. The van der Waals surface area contributed by atoms with Crippen LogP contribution in [0, 0.1) is 6.92 Å². The highest BCUT2D eigenvalue weighted by atomic mass is 16.7. The summed E-state index contributed by atoms with van der Waals surface area (Å²) in [6.07, 6.45) is 0.395. The minimum absolute atomic E-state index is 0.0666. The van der Waals surface area contributed by atoms with E-state index in [1.165, 1.54) is 5.56 Å². The molecule has 0 radical (unpaired) electrons. The molecule has 0 spiro atoms. The lowest BCUT2D eigenvalue weighted by Gasteiger charge is -2.17. The molecule has 0 bridgehead atoms. The van der Waals surface area contributed by atoms with Gasteiger partial charge in [-0.05, 0) is 36.2 Å². The van der Waals surface area contributed by atoms with Crippen LogP contribution in [0.25, 0.3) is 11.5 Å². The van der Waals surface area contributed by atoms with Crippen LogP contribution < -0.4 is 9.47 Å². The number of aromatic nitrogens is 2. The van der Waals surface area contributed by atoms with Gasteiger partial charge in [0.15, 0.2) is 17.3 Å². The zero-order valence-corrected chi connectivity index (χ0v) is 15.4. The summed E-state index contributed by atoms with van der Waals surface area (Å²) in [5.41, 5.74) is 3.11. The number of carbonyl (C=O) groups is 1. The number of rotatable bonds is 4. The largest absolute Gasteiger partial charge is 0.454 e. The number of likely N-dealkylation sites (tertiary alicyclic amines) is 1. The molecule has 1 unspecified atom stereocenters. The molecule has 2 aliphatic rings. The van der Waals surface area contributed by atoms with Gasteiger partial charge in [0.1, 0.15) is 0 Å². The highest BCUT2D eigenvalue weighted by molar-refractivity contribution is 5.79. The molecule has 28 heavy (non-hydrogen) atoms. The molecular weight excluding hydrogens is 358 g/mol. The van der Waals surface area contributed by atoms with Gasteiger partial charge in [-0.3, -0.25) is 4.79 Å². The van der Waals surface area contributed by atoms with E-state index in [1.807, 2.05) is 35.2 Å². The number of hydrogen-bond acceptors (Lipinski definition) is 6. The molecule has 142 valence electrons. The summed E-state index contributed by atoms with van der Waals surface area (Å²) in [6.45, 7) is 3.47. The Balaban J connectivity index is 1.32. The molecule has 0 N–H and O–H groups in total. The molecule has 2 aliphatic heterocycles. The predicted octanol–water partition coefficient (Wildman–Crippen LogP) is 3.29. The maximum atomic E-state index is 12.5. The summed E-state index contributed by atoms with van der Waals surface area (Å²) in [4.78, 5) is 18.9. The number of benzene rings is 2. The Morgan fingerprint density at radius 2 is 2.00 bits per heavy atom. The summed E-state index contributed by atoms with van der Waals surface area (Å²) in [5.74, 6) is 2.39. The molecule has 5 rings (SSSR count). The molecule has 3 heterocycles. The van der Waals surface area contributed by atoms with Crippen LogP contribution >= 0.6 is 0 Å². The number of amides is 1. The van der Waals surface area contributed by atoms with Gasteiger partial charge in [0.05, 0.1) is 0 Å². The van der Waals surface area contributed by atoms with Crippen LogP contribution in [-0.2, 0) is 11.3 Å². The Morgan fingerprint density at radius 3 is 2.89 bits per heavy atom. The Hall–Kier alpha value is -3.35. The first-order valence-electron chi connectivity index (χ1n) is 9.23. The SMILES string of the molecule is Cc1ccccc1CN1CC(c2noc(-c3ccc4c(c3)OCO4)n2)CC1=O. The number of carbonyl (C=O) groups excluding carboxylic acids is 1. The first kappa shape index (κ1) is 16.8. The van der Waals surface area contributed by atoms with Crippen molar-refractivity contribution in [3.63, 3.8) is 0 Å². The van der Waals surface area contributed by atoms with Crippen LogP contribution in [0.5, 0.6) is 11.5 Å². The second-order valence-corrected chi connectivity index (χ2v) is 7.13. The van der Waals surface area contributed by atoms with Crippen LogP contribution in [0.4, 0.5) is 0 Å². The quantitative estimate of drug-likeness (QED) is 0.694. The highest BCUT2D eigenvalue weighted by Crippen LogP contribution is 2.36. The molecule has 0 saturated carbocycles. The molecule has 1 saturated heterocycles. The predicted molar refractivity (Wildman–Crippen MR) is 99.8 cm³/mol. The third-order valence-corrected chi connectivity index (χ3v) is 5.26. The Kier molecular flexibility index (Phi) is 4.00. The molecule has 7 nitrogen and oxygen atoms in total. The third-order valence-electron chi connectivity index (χ3n) is 5.26. The fraction of sp³-hybridized carbons (Fsp3) is 0.286. The van der Waals surface area contributed by atoms with Crippen molar-refractivity contribution in [1.82, 2.24) is 15.0 Å². The Labute approximate surface area is 161 Å². The van der Waals surface area contributed by atoms with Crippen LogP contribution in [0.1, 0.15) is 29.3 Å². The second-order valence-electron chi connectivity index (χ2n) is 7.13. The molecule has 2 aromatic carbocycles. The van der Waals surface area contributed by atoms with Crippen molar-refractivity contribution < 1.29 is 18.8 Å². The van der Waals surface area contributed by atoms with E-state index in [0.29, 0.717) is 42.7 Å². The standard InChI is InChI=1S/C21H19N3O4/c1-13-4-2-3-5-15(13)10-24-11-16(9-19(24)25)20-22-21(28-23-20)14-6-7-17-18(8-14)27-12-26-17/h2-8,16H,9-12H2,1H3. The van der Waals surface area contributed by atoms with E-state index < -0.39 is 0 Å². The topological polar surface area (TPSA) is 77.7 Å². The maximum absolute atomic E-state index is 12.5. The van der Waals surface area contributed by atoms with Gasteiger partial charge in [0.25, 0.3) is 5.89 Å². The van der Waals surface area contributed by atoms with E-state index in [1.54, 1.807) is 0 Å². The summed E-state index contributed by atoms with van der Waals surface area (Å²) >= 11 is 0. The third kappa shape index (κ3) is 2.98. The first-order chi connectivity index (χ1) is 13.7. The minimum atomic E-state index is -0.0666. The summed E-state index contributed by atoms with van der Waals surface area (Å²) in [5, 5.41) is 4.12. The molecule has 1 aromatic heterocycles. The van der Waals surface area contributed by atoms with Gasteiger partial charge in [0.2, 0.25) is 12.7 Å². The summed E-state index contributed by atoms with van der Waals surface area (Å²) in [7, 11) is 0. The van der Waals surface area contributed by atoms with Crippen molar-refractivity contribution in [1.29, 1.82) is 0 Å². The van der Waals surface area contributed by atoms with Crippen molar-refractivity contribution in [3.8, 4) is 23.0 Å². The van der Waals surface area contributed by atoms with E-state index in [0.717, 1.165) is 11.1 Å². The van der Waals surface area contributed by atoms with Crippen molar-refractivity contribution in [2.24, 2.45) is 0 Å². The average molecular weight is 377 g/mol. The Bertz CT molecular complexity index is 1050. The molecular formula is C21H19N3O4. The average Bonchev–Trinajstić information content (AvgIpc) is 3.43. The number of ether oxygens (including phenoxy) is 2. The van der Waals surface area contributed by atoms with Gasteiger partial charge >= 0.3 is 0 Å². The molecule has 1 amide bonds. The van der Waals surface area contributed by atoms with Gasteiger partial charge < -0.3 is 18.9 Å². The van der Waals surface area contributed by atoms with E-state index >= 15 is 0 Å². The molecule has 7 heteroatoms. The van der Waals surface area contributed by atoms with Crippen molar-refractivity contribution >= 4 is 5.91 Å². The van der Waals surface area contributed by atoms with Gasteiger partial charge in [0, 0.05) is 31.0 Å².